The van der Waals surface area contributed by atoms with E-state index in [4.69, 9.17) is 16.9 Å². The number of hydrogen-bond acceptors (Lipinski definition) is 4. The van der Waals surface area contributed by atoms with Crippen LogP contribution in [0.25, 0.3) is 0 Å². The predicted molar refractivity (Wildman–Crippen MR) is 71.5 cm³/mol. The van der Waals surface area contributed by atoms with Gasteiger partial charge in [0.2, 0.25) is 0 Å². The number of sulfone groups is 1. The molecule has 2 unspecified atom stereocenters. The zero-order valence-corrected chi connectivity index (χ0v) is 11.9. The molecule has 1 aromatic rings. The molecule has 1 aliphatic rings. The number of nitriles is 1. The number of nitrogens with zero attached hydrogens (tertiary/aromatic N) is 1. The Morgan fingerprint density at radius 1 is 1.50 bits per heavy atom. The number of hydrogen-bond donors (Lipinski definition) is 0. The molecule has 0 N–H and O–H groups in total. The molecule has 1 aromatic carbocycles. The lowest BCUT2D eigenvalue weighted by molar-refractivity contribution is -0.122. The first-order valence-electron chi connectivity index (χ1n) is 5.93. The molecule has 1 aliphatic heterocycles. The third-order valence-electron chi connectivity index (χ3n) is 3.34. The lowest BCUT2D eigenvalue weighted by Crippen LogP contribution is -2.23. The summed E-state index contributed by atoms with van der Waals surface area (Å²) in [4.78, 5) is 12.3. The van der Waals surface area contributed by atoms with Crippen LogP contribution in [0.1, 0.15) is 17.9 Å². The van der Waals surface area contributed by atoms with Crippen molar-refractivity contribution in [2.45, 2.75) is 12.3 Å². The number of carbonyl (C=O) groups is 1. The second-order valence-electron chi connectivity index (χ2n) is 4.70. The Labute approximate surface area is 121 Å². The average molecular weight is 316 g/mol. The molecule has 4 nitrogen and oxygen atoms in total. The van der Waals surface area contributed by atoms with E-state index in [1.54, 1.807) is 6.07 Å². The van der Waals surface area contributed by atoms with Gasteiger partial charge in [-0.05, 0) is 18.6 Å². The van der Waals surface area contributed by atoms with Gasteiger partial charge in [-0.15, -0.1) is 0 Å². The van der Waals surface area contributed by atoms with Gasteiger partial charge in [0.1, 0.15) is 11.7 Å². The maximum absolute atomic E-state index is 13.8. The van der Waals surface area contributed by atoms with Gasteiger partial charge in [0.25, 0.3) is 0 Å². The molecular formula is C13H11ClFNO3S. The zero-order chi connectivity index (χ0) is 14.9. The fourth-order valence-corrected chi connectivity index (χ4v) is 4.34. The molecule has 7 heteroatoms. The monoisotopic (exact) mass is 315 g/mol. The van der Waals surface area contributed by atoms with E-state index in [1.165, 1.54) is 12.1 Å². The van der Waals surface area contributed by atoms with E-state index in [-0.39, 0.29) is 28.5 Å². The molecular weight excluding hydrogens is 305 g/mol. The quantitative estimate of drug-likeness (QED) is 0.856. The minimum Gasteiger partial charge on any atom is -0.297 e. The Bertz CT molecular complexity index is 676. The fraction of sp³-hybridized carbons (Fsp3) is 0.385. The predicted octanol–water partition coefficient (Wildman–Crippen LogP) is 2.09. The molecule has 0 aromatic heterocycles. The van der Waals surface area contributed by atoms with Gasteiger partial charge in [-0.2, -0.15) is 5.26 Å². The van der Waals surface area contributed by atoms with Gasteiger partial charge in [-0.3, -0.25) is 4.79 Å². The summed E-state index contributed by atoms with van der Waals surface area (Å²) in [7, 11) is -3.24. The minimum atomic E-state index is -3.24. The Morgan fingerprint density at radius 3 is 2.70 bits per heavy atom. The Hall–Kier alpha value is -1.45. The summed E-state index contributed by atoms with van der Waals surface area (Å²) in [5, 5.41) is 9.14. The molecule has 0 saturated carbocycles. The molecule has 0 amide bonds. The number of halogens is 2. The van der Waals surface area contributed by atoms with Crippen LogP contribution in [0, 0.1) is 23.1 Å². The van der Waals surface area contributed by atoms with Crippen LogP contribution >= 0.6 is 11.6 Å². The van der Waals surface area contributed by atoms with Crippen LogP contribution in [0.4, 0.5) is 4.39 Å². The summed E-state index contributed by atoms with van der Waals surface area (Å²) in [6.45, 7) is 0. The lowest BCUT2D eigenvalue weighted by atomic mass is 9.87. The molecule has 2 rings (SSSR count). The van der Waals surface area contributed by atoms with Crippen molar-refractivity contribution in [2.24, 2.45) is 5.92 Å². The standard InChI is InChI=1S/C13H11ClFNO3S/c14-10-2-1-3-11(15)12(10)9(6-16)13(17)8-4-5-20(18,19)7-8/h1-3,8-9H,4-5,7H2. The smallest absolute Gasteiger partial charge is 0.158 e. The van der Waals surface area contributed by atoms with Gasteiger partial charge >= 0.3 is 0 Å². The van der Waals surface area contributed by atoms with Gasteiger partial charge in [-0.1, -0.05) is 17.7 Å². The summed E-state index contributed by atoms with van der Waals surface area (Å²) in [5.74, 6) is -3.82. The molecule has 1 heterocycles. The number of carbonyl (C=O) groups excluding carboxylic acids is 1. The molecule has 20 heavy (non-hydrogen) atoms. The SMILES string of the molecule is N#CC(C(=O)C1CCS(=O)(=O)C1)c1c(F)cccc1Cl. The van der Waals surface area contributed by atoms with Crippen molar-refractivity contribution in [1.29, 1.82) is 5.26 Å². The van der Waals surface area contributed by atoms with Gasteiger partial charge in [0.15, 0.2) is 15.6 Å². The van der Waals surface area contributed by atoms with E-state index < -0.39 is 33.3 Å². The maximum atomic E-state index is 13.8. The maximum Gasteiger partial charge on any atom is 0.158 e. The first-order valence-corrected chi connectivity index (χ1v) is 8.13. The van der Waals surface area contributed by atoms with Crippen LogP contribution in [0.15, 0.2) is 18.2 Å². The first-order chi connectivity index (χ1) is 9.35. The van der Waals surface area contributed by atoms with Crippen molar-refractivity contribution in [3.8, 4) is 6.07 Å². The van der Waals surface area contributed by atoms with Crippen molar-refractivity contribution >= 4 is 27.2 Å². The van der Waals surface area contributed by atoms with Crippen molar-refractivity contribution in [3.05, 3.63) is 34.6 Å². The zero-order valence-electron chi connectivity index (χ0n) is 10.3. The van der Waals surface area contributed by atoms with E-state index >= 15 is 0 Å². The van der Waals surface area contributed by atoms with Crippen LogP contribution in [-0.4, -0.2) is 25.7 Å². The van der Waals surface area contributed by atoms with Crippen molar-refractivity contribution in [2.75, 3.05) is 11.5 Å². The van der Waals surface area contributed by atoms with Crippen LogP contribution in [0.2, 0.25) is 5.02 Å². The van der Waals surface area contributed by atoms with Gasteiger partial charge in [0, 0.05) is 16.5 Å². The molecule has 2 atom stereocenters. The third kappa shape index (κ3) is 2.84. The van der Waals surface area contributed by atoms with Crippen LogP contribution in [0.5, 0.6) is 0 Å². The second kappa shape index (κ2) is 5.51. The van der Waals surface area contributed by atoms with Gasteiger partial charge < -0.3 is 0 Å². The first kappa shape index (κ1) is 14.9. The third-order valence-corrected chi connectivity index (χ3v) is 5.43. The highest BCUT2D eigenvalue weighted by Gasteiger charge is 2.38. The topological polar surface area (TPSA) is 75.0 Å². The van der Waals surface area contributed by atoms with E-state index in [2.05, 4.69) is 0 Å². The van der Waals surface area contributed by atoms with Crippen molar-refractivity contribution < 1.29 is 17.6 Å². The molecule has 0 bridgehead atoms. The highest BCUT2D eigenvalue weighted by molar-refractivity contribution is 7.91. The number of benzene rings is 1. The second-order valence-corrected chi connectivity index (χ2v) is 7.34. The number of rotatable bonds is 3. The normalized spacial score (nSPS) is 22.1. The lowest BCUT2D eigenvalue weighted by Gasteiger charge is -2.14. The van der Waals surface area contributed by atoms with Crippen LogP contribution in [-0.2, 0) is 14.6 Å². The minimum absolute atomic E-state index is 0.00856. The van der Waals surface area contributed by atoms with Gasteiger partial charge in [0.05, 0.1) is 17.6 Å². The van der Waals surface area contributed by atoms with Crippen molar-refractivity contribution in [1.82, 2.24) is 0 Å². The largest absolute Gasteiger partial charge is 0.297 e. The molecule has 1 fully saturated rings. The van der Waals surface area contributed by atoms with Gasteiger partial charge in [-0.25, -0.2) is 12.8 Å². The van der Waals surface area contributed by atoms with E-state index in [1.807, 2.05) is 0 Å². The highest BCUT2D eigenvalue weighted by Crippen LogP contribution is 2.32. The highest BCUT2D eigenvalue weighted by atomic mass is 35.5. The van der Waals surface area contributed by atoms with E-state index in [9.17, 15) is 17.6 Å². The molecule has 0 radical (unpaired) electrons. The fourth-order valence-electron chi connectivity index (χ4n) is 2.31. The Kier molecular flexibility index (Phi) is 4.11. The number of Topliss-reactive ketones (excluding diaryl/α,β-unsaturated/α-hetero) is 1. The summed E-state index contributed by atoms with van der Waals surface area (Å²) >= 11 is 5.85. The number of ketones is 1. The average Bonchev–Trinajstić information content (AvgIpc) is 2.74. The summed E-state index contributed by atoms with van der Waals surface area (Å²) in [6, 6.07) is 5.62. The molecule has 1 saturated heterocycles. The molecule has 0 spiro atoms. The molecule has 106 valence electrons. The van der Waals surface area contributed by atoms with Crippen LogP contribution < -0.4 is 0 Å². The molecule has 0 aliphatic carbocycles. The van der Waals surface area contributed by atoms with Crippen molar-refractivity contribution in [3.63, 3.8) is 0 Å². The van der Waals surface area contributed by atoms with E-state index in [0.717, 1.165) is 6.07 Å². The summed E-state index contributed by atoms with van der Waals surface area (Å²) < 4.78 is 36.6. The van der Waals surface area contributed by atoms with Crippen LogP contribution in [0.3, 0.4) is 0 Å². The summed E-state index contributed by atoms with van der Waals surface area (Å²) in [6.07, 6.45) is 0.172. The Morgan fingerprint density at radius 2 is 2.20 bits per heavy atom. The Balaban J connectivity index is 2.35. The summed E-state index contributed by atoms with van der Waals surface area (Å²) in [5.41, 5.74) is -0.175. The van der Waals surface area contributed by atoms with E-state index in [0.29, 0.717) is 0 Å².